The maximum atomic E-state index is 12.2. The van der Waals surface area contributed by atoms with Crippen LogP contribution in [0.2, 0.25) is 10.0 Å². The Kier molecular flexibility index (Phi) is 14.1. The van der Waals surface area contributed by atoms with Gasteiger partial charge in [0.05, 0.1) is 28.9 Å². The number of rotatable bonds is 10. The fourth-order valence-electron chi connectivity index (χ4n) is 2.58. The van der Waals surface area contributed by atoms with Crippen LogP contribution in [0.15, 0.2) is 23.3 Å². The van der Waals surface area contributed by atoms with Gasteiger partial charge in [0.2, 0.25) is 11.8 Å². The molecule has 0 saturated heterocycles. The van der Waals surface area contributed by atoms with Crippen LogP contribution in [0.4, 0.5) is 5.69 Å². The molecule has 174 valence electrons. The Hall–Kier alpha value is -1.14. The highest BCUT2D eigenvalue weighted by molar-refractivity contribution is 14.1. The van der Waals surface area contributed by atoms with Crippen LogP contribution in [0.1, 0.15) is 33.6 Å². The molecule has 1 aromatic rings. The maximum absolute atomic E-state index is 12.2. The first-order chi connectivity index (χ1) is 14.9. The van der Waals surface area contributed by atoms with Gasteiger partial charge in [0.1, 0.15) is 12.4 Å². The third-order valence-corrected chi connectivity index (χ3v) is 5.37. The molecule has 8 nitrogen and oxygen atoms in total. The van der Waals surface area contributed by atoms with Crippen LogP contribution in [0.25, 0.3) is 0 Å². The molecule has 0 aliphatic carbocycles. The largest absolute Gasteiger partial charge is 0.370 e. The molecule has 0 spiro atoms. The second kappa shape index (κ2) is 15.6. The number of ether oxygens (including phenoxy) is 1. The van der Waals surface area contributed by atoms with E-state index in [0.29, 0.717) is 55.0 Å². The van der Waals surface area contributed by atoms with Crippen molar-refractivity contribution in [3.63, 3.8) is 0 Å². The Morgan fingerprint density at radius 2 is 1.97 bits per heavy atom. The van der Waals surface area contributed by atoms with Gasteiger partial charge in [-0.15, -0.1) is 0 Å². The monoisotopic (exact) mass is 585 g/mol. The lowest BCUT2D eigenvalue weighted by Crippen LogP contribution is -2.34. The minimum absolute atomic E-state index is 0.0172. The lowest BCUT2D eigenvalue weighted by Gasteiger charge is -2.14. The Bertz CT molecular complexity index is 752. The van der Waals surface area contributed by atoms with Crippen molar-refractivity contribution in [1.29, 1.82) is 0 Å². The van der Waals surface area contributed by atoms with Gasteiger partial charge in [-0.3, -0.25) is 18.1 Å². The highest BCUT2D eigenvalue weighted by Gasteiger charge is 2.25. The van der Waals surface area contributed by atoms with Crippen molar-refractivity contribution in [2.45, 2.75) is 33.6 Å². The molecule has 1 heterocycles. The molecule has 2 rings (SSSR count). The quantitative estimate of drug-likeness (QED) is 0.221. The lowest BCUT2D eigenvalue weighted by atomic mass is 10.1. The molecule has 3 N–H and O–H groups in total. The number of amidine groups is 1. The van der Waals surface area contributed by atoms with Gasteiger partial charge in [0.25, 0.3) is 0 Å². The molecule has 1 unspecified atom stereocenters. The Morgan fingerprint density at radius 1 is 1.23 bits per heavy atom. The van der Waals surface area contributed by atoms with Crippen molar-refractivity contribution >= 4 is 69.4 Å². The lowest BCUT2D eigenvalue weighted by molar-refractivity contribution is -0.126. The van der Waals surface area contributed by atoms with E-state index in [1.54, 1.807) is 17.1 Å². The molecule has 0 fully saturated rings. The smallest absolute Gasteiger partial charge is 0.245 e. The topological polar surface area (TPSA) is 95.1 Å². The number of hydrogen-bond acceptors (Lipinski definition) is 6. The van der Waals surface area contributed by atoms with Crippen LogP contribution in [0.3, 0.4) is 0 Å². The number of anilines is 1. The van der Waals surface area contributed by atoms with Crippen LogP contribution in [-0.4, -0.2) is 50.5 Å². The summed E-state index contributed by atoms with van der Waals surface area (Å²) in [5.41, 5.74) is 0.815. The van der Waals surface area contributed by atoms with Crippen molar-refractivity contribution in [2.24, 2.45) is 11.0 Å². The number of amides is 2. The Labute approximate surface area is 207 Å². The van der Waals surface area contributed by atoms with Crippen LogP contribution in [0.5, 0.6) is 0 Å². The number of carbonyl (C=O) groups excluding carboxylic acids is 2. The fourth-order valence-corrected chi connectivity index (χ4v) is 3.09. The SMILES string of the molecule is CC.CC1CN(c2ccc(Cl)c(Cl)c2)N=C1NC(=O)CCCNC(=O)COCCNI. The van der Waals surface area contributed by atoms with E-state index in [9.17, 15) is 9.59 Å². The maximum Gasteiger partial charge on any atom is 0.245 e. The van der Waals surface area contributed by atoms with Crippen molar-refractivity contribution in [2.75, 3.05) is 37.9 Å². The normalized spacial score (nSPS) is 15.1. The zero-order valence-corrected chi connectivity index (χ0v) is 21.7. The van der Waals surface area contributed by atoms with Crippen molar-refractivity contribution < 1.29 is 14.3 Å². The molecule has 1 atom stereocenters. The van der Waals surface area contributed by atoms with E-state index in [-0.39, 0.29) is 24.3 Å². The molecule has 0 aromatic heterocycles. The van der Waals surface area contributed by atoms with E-state index in [1.165, 1.54) is 0 Å². The molecule has 1 aromatic carbocycles. The summed E-state index contributed by atoms with van der Waals surface area (Å²) >= 11 is 14.0. The molecule has 0 saturated carbocycles. The summed E-state index contributed by atoms with van der Waals surface area (Å²) in [5, 5.41) is 12.8. The van der Waals surface area contributed by atoms with E-state index in [2.05, 4.69) is 19.3 Å². The summed E-state index contributed by atoms with van der Waals surface area (Å²) in [6.07, 6.45) is 0.823. The first kappa shape index (κ1) is 27.9. The zero-order chi connectivity index (χ0) is 23.2. The van der Waals surface area contributed by atoms with Crippen LogP contribution in [0, 0.1) is 5.92 Å². The molecule has 11 heteroatoms. The molecule has 0 bridgehead atoms. The summed E-state index contributed by atoms with van der Waals surface area (Å²) in [5.74, 6) is 0.361. The Morgan fingerprint density at radius 3 is 2.65 bits per heavy atom. The predicted octanol–water partition coefficient (Wildman–Crippen LogP) is 3.76. The standard InChI is InChI=1S/C18H24Cl2IN5O3.C2H6/c1-12-10-26(13-4-5-14(19)15(20)9-13)25-18(12)24-16(27)3-2-6-22-17(28)11-29-8-7-23-21;1-2/h4-5,9,12,23H,2-3,6-8,10-11H2,1H3,(H,22,28)(H,24,25,27);1-2H3. The van der Waals surface area contributed by atoms with Crippen LogP contribution >= 0.6 is 46.1 Å². The van der Waals surface area contributed by atoms with Crippen molar-refractivity contribution in [3.05, 3.63) is 28.2 Å². The summed E-state index contributed by atoms with van der Waals surface area (Å²) < 4.78 is 8.08. The van der Waals surface area contributed by atoms with Crippen LogP contribution in [-0.2, 0) is 14.3 Å². The number of nitrogens with one attached hydrogen (secondary N) is 3. The highest BCUT2D eigenvalue weighted by atomic mass is 127. The van der Waals surface area contributed by atoms with Gasteiger partial charge in [-0.2, -0.15) is 5.10 Å². The van der Waals surface area contributed by atoms with Crippen LogP contribution < -0.4 is 19.2 Å². The summed E-state index contributed by atoms with van der Waals surface area (Å²) in [6, 6.07) is 5.30. The average molecular weight is 586 g/mol. The number of nitrogens with zero attached hydrogens (tertiary/aromatic N) is 2. The van der Waals surface area contributed by atoms with Gasteiger partial charge in [0, 0.05) is 48.3 Å². The molecule has 1 aliphatic heterocycles. The second-order valence-corrected chi connectivity index (χ2v) is 8.08. The third kappa shape index (κ3) is 10.3. The molecule has 2 amide bonds. The average Bonchev–Trinajstić information content (AvgIpc) is 3.12. The van der Waals surface area contributed by atoms with Gasteiger partial charge in [-0.25, -0.2) is 0 Å². The summed E-state index contributed by atoms with van der Waals surface area (Å²) in [7, 11) is 0. The van der Waals surface area contributed by atoms with Crippen molar-refractivity contribution in [3.8, 4) is 0 Å². The molecule has 0 radical (unpaired) electrons. The minimum Gasteiger partial charge on any atom is -0.370 e. The first-order valence-electron chi connectivity index (χ1n) is 10.2. The predicted molar refractivity (Wildman–Crippen MR) is 135 cm³/mol. The van der Waals surface area contributed by atoms with E-state index in [4.69, 9.17) is 27.9 Å². The summed E-state index contributed by atoms with van der Waals surface area (Å²) in [6.45, 7) is 8.21. The van der Waals surface area contributed by atoms with E-state index >= 15 is 0 Å². The number of carbonyl (C=O) groups is 2. The molecular formula is C20H30Cl2IN5O3. The highest BCUT2D eigenvalue weighted by Crippen LogP contribution is 2.29. The van der Waals surface area contributed by atoms with Crippen molar-refractivity contribution in [1.82, 2.24) is 14.2 Å². The van der Waals surface area contributed by atoms with Gasteiger partial charge < -0.3 is 15.4 Å². The van der Waals surface area contributed by atoms with Gasteiger partial charge in [-0.1, -0.05) is 44.0 Å². The number of hydrazone groups is 1. The Balaban J connectivity index is 0.00000233. The second-order valence-electron chi connectivity index (χ2n) is 6.50. The van der Waals surface area contributed by atoms with Gasteiger partial charge in [0.15, 0.2) is 0 Å². The van der Waals surface area contributed by atoms with E-state index in [0.717, 1.165) is 5.69 Å². The minimum atomic E-state index is -0.190. The number of halogens is 3. The third-order valence-electron chi connectivity index (χ3n) is 4.09. The van der Waals surface area contributed by atoms with Gasteiger partial charge in [-0.05, 0) is 24.6 Å². The first-order valence-corrected chi connectivity index (χ1v) is 12.0. The fraction of sp³-hybridized carbons (Fsp3) is 0.550. The molecule has 31 heavy (non-hydrogen) atoms. The van der Waals surface area contributed by atoms with Gasteiger partial charge >= 0.3 is 0 Å². The van der Waals surface area contributed by atoms with E-state index in [1.807, 2.05) is 49.7 Å². The zero-order valence-electron chi connectivity index (χ0n) is 18.0. The number of benzene rings is 1. The molecular weight excluding hydrogens is 556 g/mol. The summed E-state index contributed by atoms with van der Waals surface area (Å²) in [4.78, 5) is 23.8. The van der Waals surface area contributed by atoms with E-state index < -0.39 is 0 Å². The molecule has 1 aliphatic rings. The number of hydrogen-bond donors (Lipinski definition) is 3.